The Kier molecular flexibility index (Phi) is 5.36. The third-order valence-corrected chi connectivity index (χ3v) is 5.16. The van der Waals surface area contributed by atoms with Gasteiger partial charge in [0.2, 0.25) is 10.0 Å². The molecule has 0 aliphatic rings. The topological polar surface area (TPSA) is 72.5 Å². The zero-order valence-electron chi connectivity index (χ0n) is 13.5. The number of benzene rings is 2. The maximum Gasteiger partial charge on any atom is 0.338 e. The lowest BCUT2D eigenvalue weighted by molar-refractivity contribution is 0.0599. The van der Waals surface area contributed by atoms with Crippen molar-refractivity contribution in [3.05, 3.63) is 65.0 Å². The van der Waals surface area contributed by atoms with Gasteiger partial charge in [0.25, 0.3) is 0 Å². The average molecular weight is 351 g/mol. The van der Waals surface area contributed by atoms with Crippen LogP contribution in [0.5, 0.6) is 0 Å². The van der Waals surface area contributed by atoms with Crippen LogP contribution in [-0.4, -0.2) is 21.5 Å². The van der Waals surface area contributed by atoms with Crippen molar-refractivity contribution in [1.82, 2.24) is 4.72 Å². The van der Waals surface area contributed by atoms with Crippen molar-refractivity contribution in [1.29, 1.82) is 0 Å². The number of methoxy groups -OCH3 is 1. The predicted octanol–water partition coefficient (Wildman–Crippen LogP) is 2.96. The molecular weight excluding hydrogens is 333 g/mol. The number of hydrogen-bond acceptors (Lipinski definition) is 4. The Labute approximate surface area is 140 Å². The Hall–Kier alpha value is -2.25. The van der Waals surface area contributed by atoms with Crippen molar-refractivity contribution in [2.75, 3.05) is 7.11 Å². The number of sulfonamides is 1. The number of halogens is 1. The molecule has 7 heteroatoms. The summed E-state index contributed by atoms with van der Waals surface area (Å²) in [6.07, 6.45) is 0. The van der Waals surface area contributed by atoms with E-state index in [0.717, 1.165) is 0 Å². The number of rotatable bonds is 5. The molecule has 2 rings (SSSR count). The molecule has 0 aromatic heterocycles. The van der Waals surface area contributed by atoms with Crippen LogP contribution >= 0.6 is 0 Å². The van der Waals surface area contributed by atoms with Crippen LogP contribution in [0.25, 0.3) is 0 Å². The second kappa shape index (κ2) is 7.11. The number of ether oxygens (including phenoxy) is 1. The number of carbonyl (C=O) groups excluding carboxylic acids is 1. The summed E-state index contributed by atoms with van der Waals surface area (Å²) in [5.74, 6) is -0.994. The summed E-state index contributed by atoms with van der Waals surface area (Å²) in [4.78, 5) is 11.7. The van der Waals surface area contributed by atoms with Crippen LogP contribution in [-0.2, 0) is 14.8 Å². The molecule has 0 saturated carbocycles. The van der Waals surface area contributed by atoms with E-state index in [-0.39, 0.29) is 10.5 Å². The fraction of sp³-hybridized carbons (Fsp3) is 0.235. The van der Waals surface area contributed by atoms with Crippen molar-refractivity contribution in [3.63, 3.8) is 0 Å². The molecule has 5 nitrogen and oxygen atoms in total. The highest BCUT2D eigenvalue weighted by Gasteiger charge is 2.21. The van der Waals surface area contributed by atoms with E-state index in [4.69, 9.17) is 0 Å². The Morgan fingerprint density at radius 1 is 1.17 bits per heavy atom. The van der Waals surface area contributed by atoms with Gasteiger partial charge in [0, 0.05) is 6.04 Å². The van der Waals surface area contributed by atoms with Crippen LogP contribution in [0.2, 0.25) is 0 Å². The number of aryl methyl sites for hydroxylation is 1. The molecule has 0 heterocycles. The standard InChI is InChI=1S/C17H18FNO4S/c1-11-4-9-15(10-16(11)17(20)23-3)24(21,22)19-12(2)13-5-7-14(18)8-6-13/h4-10,12,19H,1-3H3. The van der Waals surface area contributed by atoms with Gasteiger partial charge in [0.1, 0.15) is 5.82 Å². The minimum atomic E-state index is -3.85. The Bertz CT molecular complexity index is 847. The van der Waals surface area contributed by atoms with Gasteiger partial charge in [-0.05, 0) is 49.2 Å². The van der Waals surface area contributed by atoms with Crippen LogP contribution in [0, 0.1) is 12.7 Å². The van der Waals surface area contributed by atoms with Crippen LogP contribution < -0.4 is 4.72 Å². The quantitative estimate of drug-likeness (QED) is 0.841. The summed E-state index contributed by atoms with van der Waals surface area (Å²) < 4.78 is 45.2. The Balaban J connectivity index is 2.30. The third-order valence-electron chi connectivity index (χ3n) is 3.63. The van der Waals surface area contributed by atoms with E-state index in [1.165, 1.54) is 43.5 Å². The summed E-state index contributed by atoms with van der Waals surface area (Å²) in [5, 5.41) is 0. The molecule has 2 aromatic carbocycles. The maximum atomic E-state index is 13.0. The fourth-order valence-electron chi connectivity index (χ4n) is 2.22. The lowest BCUT2D eigenvalue weighted by atomic mass is 10.1. The highest BCUT2D eigenvalue weighted by atomic mass is 32.2. The van der Waals surface area contributed by atoms with Crippen LogP contribution in [0.1, 0.15) is 34.5 Å². The minimum absolute atomic E-state index is 0.0394. The van der Waals surface area contributed by atoms with E-state index < -0.39 is 27.9 Å². The van der Waals surface area contributed by atoms with E-state index in [9.17, 15) is 17.6 Å². The van der Waals surface area contributed by atoms with Crippen molar-refractivity contribution < 1.29 is 22.3 Å². The molecule has 2 aromatic rings. The summed E-state index contributed by atoms with van der Waals surface area (Å²) in [6.45, 7) is 3.34. The molecule has 0 amide bonds. The van der Waals surface area contributed by atoms with Crippen LogP contribution in [0.4, 0.5) is 4.39 Å². The molecule has 24 heavy (non-hydrogen) atoms. The molecule has 0 bridgehead atoms. The lowest BCUT2D eigenvalue weighted by Crippen LogP contribution is -2.27. The first-order chi connectivity index (χ1) is 11.2. The minimum Gasteiger partial charge on any atom is -0.465 e. The summed E-state index contributed by atoms with van der Waals surface area (Å²) >= 11 is 0. The second-order valence-corrected chi connectivity index (χ2v) is 7.08. The van der Waals surface area contributed by atoms with E-state index >= 15 is 0 Å². The zero-order valence-corrected chi connectivity index (χ0v) is 14.4. The summed E-state index contributed by atoms with van der Waals surface area (Å²) in [7, 11) is -2.62. The molecular formula is C17H18FNO4S. The first kappa shape index (κ1) is 18.1. The highest BCUT2D eigenvalue weighted by molar-refractivity contribution is 7.89. The largest absolute Gasteiger partial charge is 0.465 e. The predicted molar refractivity (Wildman–Crippen MR) is 87.7 cm³/mol. The molecule has 0 aliphatic heterocycles. The molecule has 1 unspecified atom stereocenters. The lowest BCUT2D eigenvalue weighted by Gasteiger charge is -2.15. The van der Waals surface area contributed by atoms with Gasteiger partial charge in [-0.2, -0.15) is 0 Å². The highest BCUT2D eigenvalue weighted by Crippen LogP contribution is 2.20. The SMILES string of the molecule is COC(=O)c1cc(S(=O)(=O)NC(C)c2ccc(F)cc2)ccc1C. The molecule has 0 aliphatic carbocycles. The van der Waals surface area contributed by atoms with Gasteiger partial charge >= 0.3 is 5.97 Å². The van der Waals surface area contributed by atoms with Crippen LogP contribution in [0.15, 0.2) is 47.4 Å². The molecule has 0 spiro atoms. The normalized spacial score (nSPS) is 12.7. The summed E-state index contributed by atoms with van der Waals surface area (Å²) in [5.41, 5.74) is 1.43. The monoisotopic (exact) mass is 351 g/mol. The van der Waals surface area contributed by atoms with Gasteiger partial charge in [-0.1, -0.05) is 18.2 Å². The number of hydrogen-bond donors (Lipinski definition) is 1. The van der Waals surface area contributed by atoms with Gasteiger partial charge < -0.3 is 4.74 Å². The van der Waals surface area contributed by atoms with Crippen molar-refractivity contribution in [2.45, 2.75) is 24.8 Å². The van der Waals surface area contributed by atoms with Gasteiger partial charge in [0.05, 0.1) is 17.6 Å². The second-order valence-electron chi connectivity index (χ2n) is 5.36. The maximum absolute atomic E-state index is 13.0. The summed E-state index contributed by atoms with van der Waals surface area (Å²) in [6, 6.07) is 9.24. The van der Waals surface area contributed by atoms with E-state index in [0.29, 0.717) is 11.1 Å². The first-order valence-electron chi connectivity index (χ1n) is 7.21. The Morgan fingerprint density at radius 2 is 1.79 bits per heavy atom. The average Bonchev–Trinajstić information content (AvgIpc) is 2.54. The molecule has 0 saturated heterocycles. The number of nitrogens with one attached hydrogen (secondary N) is 1. The van der Waals surface area contributed by atoms with E-state index in [1.54, 1.807) is 19.9 Å². The van der Waals surface area contributed by atoms with Gasteiger partial charge in [-0.3, -0.25) is 0 Å². The number of esters is 1. The molecule has 128 valence electrons. The van der Waals surface area contributed by atoms with Crippen molar-refractivity contribution in [2.24, 2.45) is 0 Å². The number of carbonyl (C=O) groups is 1. The molecule has 1 N–H and O–H groups in total. The zero-order chi connectivity index (χ0) is 17.9. The van der Waals surface area contributed by atoms with E-state index in [2.05, 4.69) is 9.46 Å². The van der Waals surface area contributed by atoms with E-state index in [1.807, 2.05) is 0 Å². The molecule has 0 fully saturated rings. The van der Waals surface area contributed by atoms with Crippen molar-refractivity contribution in [3.8, 4) is 0 Å². The molecule has 1 atom stereocenters. The van der Waals surface area contributed by atoms with Crippen LogP contribution in [0.3, 0.4) is 0 Å². The Morgan fingerprint density at radius 3 is 2.38 bits per heavy atom. The molecule has 0 radical (unpaired) electrons. The van der Waals surface area contributed by atoms with Gasteiger partial charge in [0.15, 0.2) is 0 Å². The smallest absolute Gasteiger partial charge is 0.338 e. The fourth-order valence-corrected chi connectivity index (χ4v) is 3.48. The van der Waals surface area contributed by atoms with Gasteiger partial charge in [-0.15, -0.1) is 0 Å². The third kappa shape index (κ3) is 3.98. The van der Waals surface area contributed by atoms with Gasteiger partial charge in [-0.25, -0.2) is 22.3 Å². The first-order valence-corrected chi connectivity index (χ1v) is 8.69. The van der Waals surface area contributed by atoms with Crippen molar-refractivity contribution >= 4 is 16.0 Å².